The summed E-state index contributed by atoms with van der Waals surface area (Å²) in [5.74, 6) is -0.194. The van der Waals surface area contributed by atoms with Crippen molar-refractivity contribution in [2.24, 2.45) is 0 Å². The zero-order chi connectivity index (χ0) is 13.7. The Morgan fingerprint density at radius 3 is 2.58 bits per heavy atom. The minimum absolute atomic E-state index is 0.00453. The van der Waals surface area contributed by atoms with Gasteiger partial charge in [-0.3, -0.25) is 9.78 Å². The Hall–Kier alpha value is -2.23. The highest BCUT2D eigenvalue weighted by molar-refractivity contribution is 5.92. The van der Waals surface area contributed by atoms with Gasteiger partial charge in [0.15, 0.2) is 0 Å². The SMILES string of the molecule is CC[C@@H](NC(=O)c1cnccn1)c1ccc(C)cc1. The zero-order valence-electron chi connectivity index (χ0n) is 11.1. The highest BCUT2D eigenvalue weighted by atomic mass is 16.1. The molecule has 1 amide bonds. The van der Waals surface area contributed by atoms with E-state index in [9.17, 15) is 4.79 Å². The maximum absolute atomic E-state index is 12.0. The number of hydrogen-bond acceptors (Lipinski definition) is 3. The lowest BCUT2D eigenvalue weighted by atomic mass is 10.0. The predicted octanol–water partition coefficient (Wildman–Crippen LogP) is 2.67. The van der Waals surface area contributed by atoms with Gasteiger partial charge in [-0.15, -0.1) is 0 Å². The Bertz CT molecular complexity index is 537. The van der Waals surface area contributed by atoms with Crippen LogP contribution in [0.2, 0.25) is 0 Å². The van der Waals surface area contributed by atoms with E-state index in [0.717, 1.165) is 12.0 Å². The fourth-order valence-corrected chi connectivity index (χ4v) is 1.87. The first-order valence-electron chi connectivity index (χ1n) is 6.34. The molecule has 0 saturated carbocycles. The van der Waals surface area contributed by atoms with E-state index in [4.69, 9.17) is 0 Å². The first-order valence-corrected chi connectivity index (χ1v) is 6.34. The van der Waals surface area contributed by atoms with Crippen LogP contribution in [0.25, 0.3) is 0 Å². The number of hydrogen-bond donors (Lipinski definition) is 1. The van der Waals surface area contributed by atoms with Crippen LogP contribution in [0.1, 0.15) is 41.0 Å². The van der Waals surface area contributed by atoms with Gasteiger partial charge < -0.3 is 5.32 Å². The fourth-order valence-electron chi connectivity index (χ4n) is 1.87. The number of nitrogens with zero attached hydrogens (tertiary/aromatic N) is 2. The number of benzene rings is 1. The lowest BCUT2D eigenvalue weighted by molar-refractivity contribution is 0.0930. The average molecular weight is 255 g/mol. The molecule has 4 nitrogen and oxygen atoms in total. The third-order valence-corrected chi connectivity index (χ3v) is 2.99. The van der Waals surface area contributed by atoms with E-state index < -0.39 is 0 Å². The average Bonchev–Trinajstić information content (AvgIpc) is 2.46. The molecule has 1 atom stereocenters. The van der Waals surface area contributed by atoms with Crippen LogP contribution < -0.4 is 5.32 Å². The van der Waals surface area contributed by atoms with Gasteiger partial charge in [0.25, 0.3) is 5.91 Å². The van der Waals surface area contributed by atoms with Crippen molar-refractivity contribution in [2.75, 3.05) is 0 Å². The summed E-state index contributed by atoms with van der Waals surface area (Å²) in [7, 11) is 0. The summed E-state index contributed by atoms with van der Waals surface area (Å²) in [6.07, 6.45) is 5.36. The standard InChI is InChI=1S/C15H17N3O/c1-3-13(12-6-4-11(2)5-7-12)18-15(19)14-10-16-8-9-17-14/h4-10,13H,3H2,1-2H3,(H,18,19)/t13-/m1/s1. The molecule has 0 saturated heterocycles. The van der Waals surface area contributed by atoms with Crippen LogP contribution in [0.5, 0.6) is 0 Å². The molecular weight excluding hydrogens is 238 g/mol. The Morgan fingerprint density at radius 2 is 2.00 bits per heavy atom. The highest BCUT2D eigenvalue weighted by Crippen LogP contribution is 2.17. The lowest BCUT2D eigenvalue weighted by Gasteiger charge is -2.17. The Kier molecular flexibility index (Phi) is 4.23. The summed E-state index contributed by atoms with van der Waals surface area (Å²) in [6, 6.07) is 8.18. The normalized spacial score (nSPS) is 11.9. The molecule has 0 radical (unpaired) electrons. The van der Waals surface area contributed by atoms with Crippen LogP contribution in [0.3, 0.4) is 0 Å². The Balaban J connectivity index is 2.11. The van der Waals surface area contributed by atoms with Gasteiger partial charge in [-0.2, -0.15) is 0 Å². The van der Waals surface area contributed by atoms with Gasteiger partial charge in [0.1, 0.15) is 5.69 Å². The summed E-state index contributed by atoms with van der Waals surface area (Å²) in [4.78, 5) is 19.9. The second kappa shape index (κ2) is 6.09. The summed E-state index contributed by atoms with van der Waals surface area (Å²) in [5, 5.41) is 2.98. The molecule has 2 rings (SSSR count). The van der Waals surface area contributed by atoms with E-state index in [1.807, 2.05) is 38.1 Å². The maximum atomic E-state index is 12.0. The van der Waals surface area contributed by atoms with Crippen molar-refractivity contribution in [1.29, 1.82) is 0 Å². The molecule has 0 unspecified atom stereocenters. The maximum Gasteiger partial charge on any atom is 0.271 e. The molecule has 2 aromatic rings. The first kappa shape index (κ1) is 13.2. The van der Waals surface area contributed by atoms with Crippen LogP contribution >= 0.6 is 0 Å². The van der Waals surface area contributed by atoms with Crippen LogP contribution in [-0.2, 0) is 0 Å². The molecule has 0 aliphatic heterocycles. The molecule has 0 aliphatic carbocycles. The largest absolute Gasteiger partial charge is 0.344 e. The predicted molar refractivity (Wildman–Crippen MR) is 73.7 cm³/mol. The molecule has 1 aromatic carbocycles. The van der Waals surface area contributed by atoms with Gasteiger partial charge in [-0.1, -0.05) is 36.8 Å². The van der Waals surface area contributed by atoms with E-state index in [1.165, 1.54) is 18.0 Å². The molecule has 0 fully saturated rings. The number of rotatable bonds is 4. The van der Waals surface area contributed by atoms with Crippen LogP contribution in [0.4, 0.5) is 0 Å². The second-order valence-electron chi connectivity index (χ2n) is 4.44. The molecule has 1 aromatic heterocycles. The molecular formula is C15H17N3O. The molecule has 4 heteroatoms. The van der Waals surface area contributed by atoms with Crippen molar-refractivity contribution in [1.82, 2.24) is 15.3 Å². The van der Waals surface area contributed by atoms with Gasteiger partial charge in [0, 0.05) is 12.4 Å². The molecule has 1 heterocycles. The van der Waals surface area contributed by atoms with E-state index in [1.54, 1.807) is 6.20 Å². The van der Waals surface area contributed by atoms with Gasteiger partial charge >= 0.3 is 0 Å². The van der Waals surface area contributed by atoms with Crippen molar-refractivity contribution < 1.29 is 4.79 Å². The Morgan fingerprint density at radius 1 is 1.26 bits per heavy atom. The smallest absolute Gasteiger partial charge is 0.271 e. The minimum Gasteiger partial charge on any atom is -0.344 e. The van der Waals surface area contributed by atoms with Crippen LogP contribution in [-0.4, -0.2) is 15.9 Å². The third kappa shape index (κ3) is 3.37. The number of aromatic nitrogens is 2. The number of carbonyl (C=O) groups is 1. The topological polar surface area (TPSA) is 54.9 Å². The molecule has 1 N–H and O–H groups in total. The van der Waals surface area contributed by atoms with Crippen molar-refractivity contribution in [2.45, 2.75) is 26.3 Å². The number of amides is 1. The number of carbonyl (C=O) groups excluding carboxylic acids is 1. The van der Waals surface area contributed by atoms with Crippen molar-refractivity contribution >= 4 is 5.91 Å². The highest BCUT2D eigenvalue weighted by Gasteiger charge is 2.14. The zero-order valence-corrected chi connectivity index (χ0v) is 11.1. The van der Waals surface area contributed by atoms with Gasteiger partial charge in [-0.05, 0) is 18.9 Å². The summed E-state index contributed by atoms with van der Waals surface area (Å²) in [6.45, 7) is 4.09. The van der Waals surface area contributed by atoms with Gasteiger partial charge in [-0.25, -0.2) is 4.98 Å². The van der Waals surface area contributed by atoms with E-state index in [0.29, 0.717) is 5.69 Å². The molecule has 0 aliphatic rings. The quantitative estimate of drug-likeness (QED) is 0.913. The number of nitrogens with one attached hydrogen (secondary N) is 1. The van der Waals surface area contributed by atoms with Crippen molar-refractivity contribution in [3.8, 4) is 0 Å². The second-order valence-corrected chi connectivity index (χ2v) is 4.44. The molecule has 98 valence electrons. The van der Waals surface area contributed by atoms with Crippen LogP contribution in [0.15, 0.2) is 42.9 Å². The Labute approximate surface area is 112 Å². The number of aryl methyl sites for hydroxylation is 1. The van der Waals surface area contributed by atoms with Crippen molar-refractivity contribution in [3.05, 3.63) is 59.7 Å². The molecule has 19 heavy (non-hydrogen) atoms. The van der Waals surface area contributed by atoms with E-state index in [-0.39, 0.29) is 11.9 Å². The summed E-state index contributed by atoms with van der Waals surface area (Å²) >= 11 is 0. The van der Waals surface area contributed by atoms with Gasteiger partial charge in [0.2, 0.25) is 0 Å². The molecule has 0 bridgehead atoms. The summed E-state index contributed by atoms with van der Waals surface area (Å²) < 4.78 is 0. The fraction of sp³-hybridized carbons (Fsp3) is 0.267. The molecule has 0 spiro atoms. The lowest BCUT2D eigenvalue weighted by Crippen LogP contribution is -2.28. The van der Waals surface area contributed by atoms with E-state index >= 15 is 0 Å². The van der Waals surface area contributed by atoms with Gasteiger partial charge in [0.05, 0.1) is 12.2 Å². The first-order chi connectivity index (χ1) is 9.20. The summed E-state index contributed by atoms with van der Waals surface area (Å²) in [5.41, 5.74) is 2.65. The van der Waals surface area contributed by atoms with Crippen LogP contribution in [0, 0.1) is 6.92 Å². The van der Waals surface area contributed by atoms with E-state index in [2.05, 4.69) is 15.3 Å². The minimum atomic E-state index is -0.194. The monoisotopic (exact) mass is 255 g/mol. The third-order valence-electron chi connectivity index (χ3n) is 2.99. The van der Waals surface area contributed by atoms with Crippen molar-refractivity contribution in [3.63, 3.8) is 0 Å².